The number of fused-ring (bicyclic) bond motifs is 4. The first kappa shape index (κ1) is 22.7. The Hall–Kier alpha value is -3.53. The van der Waals surface area contributed by atoms with E-state index < -0.39 is 0 Å². The van der Waals surface area contributed by atoms with Crippen molar-refractivity contribution in [2.75, 3.05) is 0 Å². The van der Waals surface area contributed by atoms with Gasteiger partial charge in [0.1, 0.15) is 0 Å². The summed E-state index contributed by atoms with van der Waals surface area (Å²) in [5, 5.41) is 10.6. The van der Waals surface area contributed by atoms with Crippen LogP contribution in [0.5, 0.6) is 0 Å². The fraction of sp³-hybridized carbons (Fsp3) is 0.0714. The summed E-state index contributed by atoms with van der Waals surface area (Å²) in [6, 6.07) is 28.3. The molecule has 0 saturated carbocycles. The average Bonchev–Trinajstić information content (AvgIpc) is 3.35. The minimum absolute atomic E-state index is 0. The second-order valence-electron chi connectivity index (χ2n) is 7.75. The summed E-state index contributed by atoms with van der Waals surface area (Å²) in [5.74, 6) is 0.627. The van der Waals surface area contributed by atoms with Crippen molar-refractivity contribution in [2.24, 2.45) is 0 Å². The number of carbonyl (C=O) groups is 1. The fourth-order valence-electron chi connectivity index (χ4n) is 4.12. The molecule has 1 aliphatic carbocycles. The number of benzene rings is 3. The Labute approximate surface area is 204 Å². The van der Waals surface area contributed by atoms with Gasteiger partial charge in [-0.3, -0.25) is 9.78 Å². The molecule has 0 spiro atoms. The minimum Gasteiger partial charge on any atom is -0.518 e. The topological polar surface area (TPSA) is 63.3 Å². The number of carbonyl (C=O) groups excluding carboxylic acids is 1. The number of hydrogen-bond acceptors (Lipinski definition) is 4. The molecule has 6 rings (SSSR count). The molecule has 0 unspecified atom stereocenters. The smallest absolute Gasteiger partial charge is 0.155 e. The van der Waals surface area contributed by atoms with Gasteiger partial charge in [-0.15, -0.1) is 17.5 Å². The predicted octanol–water partition coefficient (Wildman–Crippen LogP) is 7.13. The second kappa shape index (κ2) is 9.14. The molecular weight excluding hydrogens is 591 g/mol. The van der Waals surface area contributed by atoms with Crippen molar-refractivity contribution in [3.63, 3.8) is 0 Å². The molecule has 1 N–H and O–H groups in total. The largest absolute Gasteiger partial charge is 0.518 e. The second-order valence-corrected chi connectivity index (χ2v) is 7.75. The summed E-state index contributed by atoms with van der Waals surface area (Å²) in [5.41, 5.74) is 7.67. The van der Waals surface area contributed by atoms with Crippen molar-refractivity contribution in [1.82, 2.24) is 4.98 Å². The van der Waals surface area contributed by atoms with Gasteiger partial charge < -0.3 is 9.52 Å². The summed E-state index contributed by atoms with van der Waals surface area (Å²) in [7, 11) is 0. The number of aliphatic hydroxyl groups is 1. The number of aliphatic hydroxyl groups excluding tert-OH is 1. The molecule has 5 heteroatoms. The van der Waals surface area contributed by atoms with Crippen LogP contribution in [0.3, 0.4) is 0 Å². The molecule has 1 aliphatic rings. The first-order valence-corrected chi connectivity index (χ1v) is 10.3. The van der Waals surface area contributed by atoms with Gasteiger partial charge in [0, 0.05) is 42.8 Å². The van der Waals surface area contributed by atoms with Gasteiger partial charge in [0.15, 0.2) is 5.78 Å². The Balaban J connectivity index is 0.000000287. The quantitative estimate of drug-likeness (QED) is 0.129. The Morgan fingerprint density at radius 2 is 1.58 bits per heavy atom. The van der Waals surface area contributed by atoms with Crippen molar-refractivity contribution in [3.8, 4) is 33.7 Å². The predicted molar refractivity (Wildman–Crippen MR) is 127 cm³/mol. The summed E-state index contributed by atoms with van der Waals surface area (Å²) in [6.07, 6.45) is 1.17. The summed E-state index contributed by atoms with van der Waals surface area (Å²) < 4.78 is 5.99. The van der Waals surface area contributed by atoms with E-state index in [1.54, 1.807) is 0 Å². The fourth-order valence-corrected chi connectivity index (χ4v) is 4.12. The molecule has 3 aromatic carbocycles. The van der Waals surface area contributed by atoms with Crippen molar-refractivity contribution in [2.45, 2.75) is 13.8 Å². The number of ketones is 1. The van der Waals surface area contributed by atoms with E-state index >= 15 is 0 Å². The first-order valence-electron chi connectivity index (χ1n) is 10.3. The van der Waals surface area contributed by atoms with Gasteiger partial charge in [0.25, 0.3) is 0 Å². The summed E-state index contributed by atoms with van der Waals surface area (Å²) in [4.78, 5) is 14.9. The third kappa shape index (κ3) is 4.25. The number of rotatable bonds is 2. The van der Waals surface area contributed by atoms with Crippen molar-refractivity contribution < 1.29 is 34.4 Å². The van der Waals surface area contributed by atoms with Crippen molar-refractivity contribution in [1.29, 1.82) is 0 Å². The van der Waals surface area contributed by atoms with Crippen LogP contribution in [0.2, 0.25) is 0 Å². The number of pyridine rings is 1. The van der Waals surface area contributed by atoms with Crippen molar-refractivity contribution >= 4 is 27.7 Å². The van der Waals surface area contributed by atoms with E-state index in [0.29, 0.717) is 5.76 Å². The Kier molecular flexibility index (Phi) is 6.28. The van der Waals surface area contributed by atoms with E-state index in [0.717, 1.165) is 22.2 Å². The van der Waals surface area contributed by atoms with E-state index in [9.17, 15) is 4.79 Å². The van der Waals surface area contributed by atoms with E-state index in [1.807, 2.05) is 24.3 Å². The number of furan rings is 1. The van der Waals surface area contributed by atoms with Crippen LogP contribution in [0, 0.1) is 6.07 Å². The molecule has 2 aromatic heterocycles. The van der Waals surface area contributed by atoms with Gasteiger partial charge in [-0.25, -0.2) is 0 Å². The van der Waals surface area contributed by atoms with E-state index in [1.165, 1.54) is 47.6 Å². The van der Waals surface area contributed by atoms with E-state index in [4.69, 9.17) is 14.5 Å². The standard InChI is InChI=1S/C23H12NO.C5H8O2.Ir/c1-4-11-21-14(6-1)12-22(25-21)20-13-18-16-8-3-2-7-15(16)17-9-5-10-19(24-20)23(17)18;1-4(6)3-5(2)7;/h1-11,13H;3,6H,1-2H3;/q-1;;/b;4-3-;. The van der Waals surface area contributed by atoms with Gasteiger partial charge >= 0.3 is 0 Å². The first-order chi connectivity index (χ1) is 15.5. The molecule has 165 valence electrons. The van der Waals surface area contributed by atoms with Gasteiger partial charge in [-0.2, -0.15) is 0 Å². The zero-order valence-electron chi connectivity index (χ0n) is 18.0. The van der Waals surface area contributed by atoms with Crippen LogP contribution >= 0.6 is 0 Å². The molecule has 1 radical (unpaired) electrons. The molecule has 0 aliphatic heterocycles. The Bertz CT molecular complexity index is 1490. The Morgan fingerprint density at radius 1 is 0.909 bits per heavy atom. The van der Waals surface area contributed by atoms with Crippen LogP contribution in [0.15, 0.2) is 89.0 Å². The van der Waals surface area contributed by atoms with Gasteiger partial charge in [-0.1, -0.05) is 60.7 Å². The normalized spacial score (nSPS) is 11.5. The number of allylic oxidation sites excluding steroid dienone is 2. The summed E-state index contributed by atoms with van der Waals surface area (Å²) in [6.45, 7) is 2.85. The molecule has 2 heterocycles. The number of aromatic nitrogens is 1. The van der Waals surface area contributed by atoms with Crippen molar-refractivity contribution in [3.05, 3.63) is 90.7 Å². The van der Waals surface area contributed by atoms with Crippen LogP contribution < -0.4 is 0 Å². The molecule has 0 atom stereocenters. The van der Waals surface area contributed by atoms with Gasteiger partial charge in [0.2, 0.25) is 0 Å². The molecule has 0 saturated heterocycles. The van der Waals surface area contributed by atoms with E-state index in [2.05, 4.69) is 54.6 Å². The summed E-state index contributed by atoms with van der Waals surface area (Å²) >= 11 is 0. The van der Waals surface area contributed by atoms with Crippen LogP contribution in [0.25, 0.3) is 55.6 Å². The number of nitrogens with zero attached hydrogens (tertiary/aromatic N) is 1. The molecule has 33 heavy (non-hydrogen) atoms. The third-order valence-corrected chi connectivity index (χ3v) is 5.33. The molecule has 0 amide bonds. The average molecular weight is 611 g/mol. The maximum absolute atomic E-state index is 10.0. The molecular formula is C28H20IrNO3-. The van der Waals surface area contributed by atoms with Crippen LogP contribution in [0.4, 0.5) is 0 Å². The molecule has 5 aromatic rings. The zero-order chi connectivity index (χ0) is 22.2. The van der Waals surface area contributed by atoms with Crippen LogP contribution in [-0.4, -0.2) is 15.9 Å². The van der Waals surface area contributed by atoms with E-state index in [-0.39, 0.29) is 31.6 Å². The minimum atomic E-state index is -0.125. The third-order valence-electron chi connectivity index (χ3n) is 5.33. The van der Waals surface area contributed by atoms with Gasteiger partial charge in [0.05, 0.1) is 17.0 Å². The molecule has 0 bridgehead atoms. The maximum atomic E-state index is 10.0. The zero-order valence-corrected chi connectivity index (χ0v) is 20.4. The number of para-hydroxylation sites is 1. The van der Waals surface area contributed by atoms with Gasteiger partial charge in [-0.05, 0) is 42.2 Å². The Morgan fingerprint density at radius 3 is 2.24 bits per heavy atom. The van der Waals surface area contributed by atoms with Crippen LogP contribution in [-0.2, 0) is 24.9 Å². The SMILES string of the molecule is CC(=O)/C=C(/C)O.[Ir].[c-]1c(-c2cc3c4c(cccc4n2)-c2ccccc2-3)oc2ccccc12. The molecule has 4 nitrogen and oxygen atoms in total. The maximum Gasteiger partial charge on any atom is 0.155 e. The number of hydrogen-bond donors (Lipinski definition) is 1. The van der Waals surface area contributed by atoms with Crippen LogP contribution in [0.1, 0.15) is 13.8 Å². The molecule has 0 fully saturated rings. The monoisotopic (exact) mass is 611 g/mol.